The Balaban J connectivity index is 1.53. The van der Waals surface area contributed by atoms with E-state index < -0.39 is 15.8 Å². The first-order valence-corrected chi connectivity index (χ1v) is 11.1. The van der Waals surface area contributed by atoms with Crippen molar-refractivity contribution in [1.29, 1.82) is 0 Å². The van der Waals surface area contributed by atoms with Gasteiger partial charge in [0.15, 0.2) is 0 Å². The van der Waals surface area contributed by atoms with Gasteiger partial charge in [-0.25, -0.2) is 22.2 Å². The van der Waals surface area contributed by atoms with E-state index in [2.05, 4.69) is 9.82 Å². The highest BCUT2D eigenvalue weighted by molar-refractivity contribution is 7.89. The second kappa shape index (κ2) is 10.2. The van der Waals surface area contributed by atoms with E-state index in [0.29, 0.717) is 17.2 Å². The van der Waals surface area contributed by atoms with Gasteiger partial charge >= 0.3 is 0 Å². The maximum absolute atomic E-state index is 12.9. The summed E-state index contributed by atoms with van der Waals surface area (Å²) in [6.45, 7) is -0.0230. The molecule has 0 unspecified atom stereocenters. The van der Waals surface area contributed by atoms with Gasteiger partial charge in [0.05, 0.1) is 25.1 Å². The van der Waals surface area contributed by atoms with Gasteiger partial charge in [-0.1, -0.05) is 0 Å². The van der Waals surface area contributed by atoms with E-state index in [9.17, 15) is 17.6 Å². The summed E-state index contributed by atoms with van der Waals surface area (Å²) in [5.74, 6) is 0.401. The molecule has 0 aliphatic heterocycles. The fraction of sp³-hybridized carbons (Fsp3) is 0.238. The summed E-state index contributed by atoms with van der Waals surface area (Å²) in [6.07, 6.45) is 0. The van der Waals surface area contributed by atoms with Crippen molar-refractivity contribution in [2.75, 3.05) is 26.0 Å². The van der Waals surface area contributed by atoms with E-state index in [1.165, 1.54) is 35.0 Å². The molecular weight excluding hydrogens is 425 g/mol. The number of halogens is 1. The average Bonchev–Trinajstić information content (AvgIpc) is 2.76. The van der Waals surface area contributed by atoms with Crippen LogP contribution in [0.5, 0.6) is 11.5 Å². The lowest BCUT2D eigenvalue weighted by atomic mass is 10.1. The largest absolute Gasteiger partial charge is 0.497 e. The summed E-state index contributed by atoms with van der Waals surface area (Å²) in [5, 5.41) is 4.30. The summed E-state index contributed by atoms with van der Waals surface area (Å²) < 4.78 is 51.2. The van der Waals surface area contributed by atoms with Crippen LogP contribution in [0.2, 0.25) is 0 Å². The minimum atomic E-state index is -3.62. The van der Waals surface area contributed by atoms with Crippen LogP contribution in [0.4, 0.5) is 4.39 Å². The number of benzene rings is 2. The summed E-state index contributed by atoms with van der Waals surface area (Å²) >= 11 is 0. The van der Waals surface area contributed by atoms with E-state index in [0.717, 1.165) is 5.56 Å². The summed E-state index contributed by atoms with van der Waals surface area (Å²) in [7, 11) is -2.05. The van der Waals surface area contributed by atoms with Crippen LogP contribution in [0.3, 0.4) is 0 Å². The maximum atomic E-state index is 12.9. The molecule has 0 bridgehead atoms. The predicted molar refractivity (Wildman–Crippen MR) is 114 cm³/mol. The molecule has 0 aliphatic rings. The number of sulfonamides is 1. The van der Waals surface area contributed by atoms with Crippen molar-refractivity contribution in [1.82, 2.24) is 14.5 Å². The van der Waals surface area contributed by atoms with Crippen molar-refractivity contribution in [2.45, 2.75) is 6.54 Å². The highest BCUT2D eigenvalue weighted by Gasteiger charge is 2.11. The standard InChI is InChI=1S/C21H22FN3O5S/c1-29-18-6-2-16(3-7-18)20-10-11-21(26)25(24-20)13-12-23-31(27,28)15-14-30-19-8-4-17(22)5-9-19/h2-11,23H,12-15H2,1H3. The van der Waals surface area contributed by atoms with E-state index in [1.807, 2.05) is 12.1 Å². The van der Waals surface area contributed by atoms with E-state index >= 15 is 0 Å². The van der Waals surface area contributed by atoms with Gasteiger partial charge in [-0.3, -0.25) is 4.79 Å². The number of hydrogen-bond acceptors (Lipinski definition) is 6. The number of methoxy groups -OCH3 is 1. The highest BCUT2D eigenvalue weighted by Crippen LogP contribution is 2.19. The smallest absolute Gasteiger partial charge is 0.266 e. The summed E-state index contributed by atoms with van der Waals surface area (Å²) in [5.41, 5.74) is 1.04. The van der Waals surface area contributed by atoms with Gasteiger partial charge in [0.1, 0.15) is 23.9 Å². The Kier molecular flexibility index (Phi) is 7.37. The van der Waals surface area contributed by atoms with Crippen LogP contribution in [-0.4, -0.2) is 44.2 Å². The van der Waals surface area contributed by atoms with Crippen LogP contribution in [0.25, 0.3) is 11.3 Å². The Morgan fingerprint density at radius 1 is 1.00 bits per heavy atom. The Labute approximate surface area is 179 Å². The van der Waals surface area contributed by atoms with Crippen molar-refractivity contribution < 1.29 is 22.3 Å². The molecule has 3 rings (SSSR count). The molecule has 0 aliphatic carbocycles. The zero-order valence-corrected chi connectivity index (χ0v) is 17.6. The Morgan fingerprint density at radius 2 is 1.68 bits per heavy atom. The summed E-state index contributed by atoms with van der Waals surface area (Å²) in [6, 6.07) is 15.5. The zero-order chi connectivity index (χ0) is 22.3. The molecule has 0 spiro atoms. The van der Waals surface area contributed by atoms with E-state index in [4.69, 9.17) is 9.47 Å². The SMILES string of the molecule is COc1ccc(-c2ccc(=O)n(CCNS(=O)(=O)CCOc3ccc(F)cc3)n2)cc1. The molecule has 0 saturated heterocycles. The number of nitrogens with zero attached hydrogens (tertiary/aromatic N) is 2. The minimum Gasteiger partial charge on any atom is -0.497 e. The third-order valence-corrected chi connectivity index (χ3v) is 5.68. The average molecular weight is 447 g/mol. The Morgan fingerprint density at radius 3 is 2.35 bits per heavy atom. The number of hydrogen-bond donors (Lipinski definition) is 1. The quantitative estimate of drug-likeness (QED) is 0.511. The molecule has 8 nitrogen and oxygen atoms in total. The maximum Gasteiger partial charge on any atom is 0.266 e. The Bertz CT molecular complexity index is 1160. The topological polar surface area (TPSA) is 99.5 Å². The van der Waals surface area contributed by atoms with Crippen LogP contribution in [0, 0.1) is 5.82 Å². The number of ether oxygens (including phenoxy) is 2. The van der Waals surface area contributed by atoms with Crippen LogP contribution in [0.1, 0.15) is 0 Å². The van der Waals surface area contributed by atoms with Gasteiger partial charge in [0, 0.05) is 18.2 Å². The molecule has 0 saturated carbocycles. The van der Waals surface area contributed by atoms with Gasteiger partial charge in [-0.05, 0) is 54.6 Å². The fourth-order valence-corrected chi connectivity index (χ4v) is 3.55. The van der Waals surface area contributed by atoms with Crippen LogP contribution in [0.15, 0.2) is 65.5 Å². The number of aromatic nitrogens is 2. The Hall–Kier alpha value is -3.24. The highest BCUT2D eigenvalue weighted by atomic mass is 32.2. The van der Waals surface area contributed by atoms with Gasteiger partial charge < -0.3 is 9.47 Å². The van der Waals surface area contributed by atoms with Crippen molar-refractivity contribution in [3.05, 3.63) is 76.8 Å². The molecule has 1 heterocycles. The number of nitrogens with one attached hydrogen (secondary N) is 1. The monoisotopic (exact) mass is 447 g/mol. The normalized spacial score (nSPS) is 11.3. The first kappa shape index (κ1) is 22.4. The lowest BCUT2D eigenvalue weighted by Crippen LogP contribution is -2.34. The molecule has 1 N–H and O–H groups in total. The first-order chi connectivity index (χ1) is 14.9. The van der Waals surface area contributed by atoms with Crippen molar-refractivity contribution in [3.63, 3.8) is 0 Å². The third-order valence-electron chi connectivity index (χ3n) is 4.33. The van der Waals surface area contributed by atoms with Gasteiger partial charge in [0.2, 0.25) is 10.0 Å². The molecule has 0 radical (unpaired) electrons. The molecule has 2 aromatic carbocycles. The van der Waals surface area contributed by atoms with Crippen LogP contribution in [-0.2, 0) is 16.6 Å². The molecule has 164 valence electrons. The van der Waals surface area contributed by atoms with Gasteiger partial charge in [-0.2, -0.15) is 5.10 Å². The molecule has 0 amide bonds. The molecule has 3 aromatic rings. The fourth-order valence-electron chi connectivity index (χ4n) is 2.70. The van der Waals surface area contributed by atoms with Crippen LogP contribution < -0.4 is 19.8 Å². The van der Waals surface area contributed by atoms with Gasteiger partial charge in [0.25, 0.3) is 5.56 Å². The van der Waals surface area contributed by atoms with E-state index in [1.54, 1.807) is 25.3 Å². The second-order valence-electron chi connectivity index (χ2n) is 6.52. The van der Waals surface area contributed by atoms with E-state index in [-0.39, 0.29) is 31.0 Å². The summed E-state index contributed by atoms with van der Waals surface area (Å²) in [4.78, 5) is 12.1. The van der Waals surface area contributed by atoms with Gasteiger partial charge in [-0.15, -0.1) is 0 Å². The molecule has 0 fully saturated rings. The van der Waals surface area contributed by atoms with Crippen molar-refractivity contribution >= 4 is 10.0 Å². The van der Waals surface area contributed by atoms with Crippen molar-refractivity contribution in [3.8, 4) is 22.8 Å². The predicted octanol–water partition coefficient (Wildman–Crippen LogP) is 2.06. The molecule has 31 heavy (non-hydrogen) atoms. The number of rotatable bonds is 10. The van der Waals surface area contributed by atoms with Crippen LogP contribution >= 0.6 is 0 Å². The molecule has 0 atom stereocenters. The second-order valence-corrected chi connectivity index (χ2v) is 8.45. The third kappa shape index (κ3) is 6.63. The zero-order valence-electron chi connectivity index (χ0n) is 16.8. The molecular formula is C21H22FN3O5S. The lowest BCUT2D eigenvalue weighted by molar-refractivity contribution is 0.339. The van der Waals surface area contributed by atoms with Crippen molar-refractivity contribution in [2.24, 2.45) is 0 Å². The minimum absolute atomic E-state index is 0.00213. The lowest BCUT2D eigenvalue weighted by Gasteiger charge is -2.10. The molecule has 10 heteroatoms. The molecule has 1 aromatic heterocycles. The first-order valence-electron chi connectivity index (χ1n) is 9.44.